The third-order valence-electron chi connectivity index (χ3n) is 3.48. The highest BCUT2D eigenvalue weighted by Gasteiger charge is 2.27. The van der Waals surface area contributed by atoms with Crippen LogP contribution in [0.1, 0.15) is 31.1 Å². The fraction of sp³-hybridized carbons (Fsp3) is 0.385. The van der Waals surface area contributed by atoms with Crippen molar-refractivity contribution in [1.29, 1.82) is 0 Å². The van der Waals surface area contributed by atoms with Gasteiger partial charge in [0.05, 0.1) is 6.04 Å². The maximum Gasteiger partial charge on any atom is 0.134 e. The second-order valence-corrected chi connectivity index (χ2v) is 4.55. The topological polar surface area (TPSA) is 39.2 Å². The summed E-state index contributed by atoms with van der Waals surface area (Å²) in [6.07, 6.45) is 3.60. The minimum Gasteiger partial charge on any atom is -0.459 e. The van der Waals surface area contributed by atoms with Crippen LogP contribution in [0.4, 0.5) is 4.39 Å². The maximum absolute atomic E-state index is 13.0. The standard InChI is InChI=1S/C13H14FNO/c14-10-4-5-11-9(6-10)7-12(16-11)13(15)8-2-1-3-8/h4-8,13H,1-3,15H2. The number of hydrogen-bond donors (Lipinski definition) is 1. The highest BCUT2D eigenvalue weighted by molar-refractivity contribution is 5.78. The van der Waals surface area contributed by atoms with Gasteiger partial charge in [-0.1, -0.05) is 6.42 Å². The second kappa shape index (κ2) is 3.59. The summed E-state index contributed by atoms with van der Waals surface area (Å²) >= 11 is 0. The summed E-state index contributed by atoms with van der Waals surface area (Å²) in [6.45, 7) is 0. The Morgan fingerprint density at radius 2 is 2.12 bits per heavy atom. The zero-order chi connectivity index (χ0) is 11.1. The molecule has 1 aromatic carbocycles. The molecule has 0 bridgehead atoms. The van der Waals surface area contributed by atoms with Crippen molar-refractivity contribution in [3.63, 3.8) is 0 Å². The molecule has 0 amide bonds. The predicted molar refractivity (Wildman–Crippen MR) is 60.4 cm³/mol. The van der Waals surface area contributed by atoms with E-state index in [0.29, 0.717) is 11.5 Å². The van der Waals surface area contributed by atoms with Gasteiger partial charge in [0.25, 0.3) is 0 Å². The van der Waals surface area contributed by atoms with Crippen LogP contribution < -0.4 is 5.73 Å². The zero-order valence-electron chi connectivity index (χ0n) is 8.95. The van der Waals surface area contributed by atoms with E-state index >= 15 is 0 Å². The van der Waals surface area contributed by atoms with E-state index in [1.807, 2.05) is 6.07 Å². The molecule has 1 aromatic heterocycles. The van der Waals surface area contributed by atoms with Gasteiger partial charge in [0.1, 0.15) is 17.2 Å². The summed E-state index contributed by atoms with van der Waals surface area (Å²) in [5.41, 5.74) is 6.83. The Hall–Kier alpha value is -1.35. The number of hydrogen-bond acceptors (Lipinski definition) is 2. The first-order valence-electron chi connectivity index (χ1n) is 5.68. The number of furan rings is 1. The molecule has 1 unspecified atom stereocenters. The van der Waals surface area contributed by atoms with E-state index in [1.54, 1.807) is 6.07 Å². The molecule has 16 heavy (non-hydrogen) atoms. The molecule has 0 aliphatic heterocycles. The lowest BCUT2D eigenvalue weighted by Gasteiger charge is -2.29. The quantitative estimate of drug-likeness (QED) is 0.841. The molecule has 1 aliphatic rings. The third-order valence-corrected chi connectivity index (χ3v) is 3.48. The smallest absolute Gasteiger partial charge is 0.134 e. The molecule has 2 nitrogen and oxygen atoms in total. The summed E-state index contributed by atoms with van der Waals surface area (Å²) in [7, 11) is 0. The van der Waals surface area contributed by atoms with E-state index in [1.165, 1.54) is 31.4 Å². The van der Waals surface area contributed by atoms with Crippen LogP contribution in [0.15, 0.2) is 28.7 Å². The van der Waals surface area contributed by atoms with Gasteiger partial charge >= 0.3 is 0 Å². The molecule has 3 rings (SSSR count). The van der Waals surface area contributed by atoms with Crippen molar-refractivity contribution in [2.45, 2.75) is 25.3 Å². The van der Waals surface area contributed by atoms with E-state index in [4.69, 9.17) is 10.2 Å². The highest BCUT2D eigenvalue weighted by atomic mass is 19.1. The number of fused-ring (bicyclic) bond motifs is 1. The Kier molecular flexibility index (Phi) is 2.21. The molecular formula is C13H14FNO. The molecular weight excluding hydrogens is 205 g/mol. The van der Waals surface area contributed by atoms with Gasteiger partial charge in [-0.05, 0) is 43.0 Å². The molecule has 1 heterocycles. The average Bonchev–Trinajstić information content (AvgIpc) is 2.57. The van der Waals surface area contributed by atoms with Crippen LogP contribution in [0, 0.1) is 11.7 Å². The SMILES string of the molecule is NC(c1cc2cc(F)ccc2o1)C1CCC1. The lowest BCUT2D eigenvalue weighted by molar-refractivity contribution is 0.244. The van der Waals surface area contributed by atoms with Crippen molar-refractivity contribution in [3.8, 4) is 0 Å². The first kappa shape index (κ1) is 9.85. The van der Waals surface area contributed by atoms with E-state index in [-0.39, 0.29) is 11.9 Å². The van der Waals surface area contributed by atoms with Gasteiger partial charge in [-0.15, -0.1) is 0 Å². The second-order valence-electron chi connectivity index (χ2n) is 4.55. The van der Waals surface area contributed by atoms with Gasteiger partial charge in [0, 0.05) is 5.39 Å². The summed E-state index contributed by atoms with van der Waals surface area (Å²) in [6, 6.07) is 6.37. The maximum atomic E-state index is 13.0. The highest BCUT2D eigenvalue weighted by Crippen LogP contribution is 2.37. The summed E-state index contributed by atoms with van der Waals surface area (Å²) in [4.78, 5) is 0. The number of rotatable bonds is 2. The van der Waals surface area contributed by atoms with Crippen LogP contribution in [0.5, 0.6) is 0 Å². The van der Waals surface area contributed by atoms with E-state index in [9.17, 15) is 4.39 Å². The Labute approximate surface area is 93.2 Å². The van der Waals surface area contributed by atoms with Crippen molar-refractivity contribution in [3.05, 3.63) is 35.8 Å². The van der Waals surface area contributed by atoms with Crippen LogP contribution in [0.3, 0.4) is 0 Å². The monoisotopic (exact) mass is 219 g/mol. The summed E-state index contributed by atoms with van der Waals surface area (Å²) in [5.74, 6) is 1.08. The molecule has 0 radical (unpaired) electrons. The predicted octanol–water partition coefficient (Wildman–Crippen LogP) is 3.37. The molecule has 2 aromatic rings. The molecule has 1 atom stereocenters. The van der Waals surface area contributed by atoms with Crippen LogP contribution >= 0.6 is 0 Å². The largest absolute Gasteiger partial charge is 0.459 e. The fourth-order valence-electron chi connectivity index (χ4n) is 2.23. The van der Waals surface area contributed by atoms with Crippen LogP contribution in [-0.2, 0) is 0 Å². The number of nitrogens with two attached hydrogens (primary N) is 1. The van der Waals surface area contributed by atoms with Crippen molar-refractivity contribution in [1.82, 2.24) is 0 Å². The minimum absolute atomic E-state index is 0.0378. The van der Waals surface area contributed by atoms with Gasteiger partial charge in [-0.3, -0.25) is 0 Å². The Balaban J connectivity index is 1.97. The zero-order valence-corrected chi connectivity index (χ0v) is 8.95. The molecule has 0 spiro atoms. The summed E-state index contributed by atoms with van der Waals surface area (Å²) < 4.78 is 18.7. The molecule has 84 valence electrons. The molecule has 0 saturated heterocycles. The first-order valence-corrected chi connectivity index (χ1v) is 5.68. The van der Waals surface area contributed by atoms with Gasteiger partial charge in [0.2, 0.25) is 0 Å². The Morgan fingerprint density at radius 1 is 1.31 bits per heavy atom. The van der Waals surface area contributed by atoms with Gasteiger partial charge < -0.3 is 10.2 Å². The molecule has 1 saturated carbocycles. The van der Waals surface area contributed by atoms with Crippen molar-refractivity contribution < 1.29 is 8.81 Å². The summed E-state index contributed by atoms with van der Waals surface area (Å²) in [5, 5.41) is 0.796. The Morgan fingerprint density at radius 3 is 2.81 bits per heavy atom. The first-order chi connectivity index (χ1) is 7.74. The van der Waals surface area contributed by atoms with Gasteiger partial charge in [-0.25, -0.2) is 4.39 Å². The average molecular weight is 219 g/mol. The number of halogens is 1. The fourth-order valence-corrected chi connectivity index (χ4v) is 2.23. The van der Waals surface area contributed by atoms with Crippen molar-refractivity contribution in [2.24, 2.45) is 11.7 Å². The van der Waals surface area contributed by atoms with Crippen LogP contribution in [0.2, 0.25) is 0 Å². The van der Waals surface area contributed by atoms with E-state index < -0.39 is 0 Å². The molecule has 3 heteroatoms. The van der Waals surface area contributed by atoms with E-state index in [2.05, 4.69) is 0 Å². The van der Waals surface area contributed by atoms with Gasteiger partial charge in [0.15, 0.2) is 0 Å². The lowest BCUT2D eigenvalue weighted by atomic mass is 9.79. The Bertz CT molecular complexity index is 516. The van der Waals surface area contributed by atoms with Crippen LogP contribution in [-0.4, -0.2) is 0 Å². The van der Waals surface area contributed by atoms with E-state index in [0.717, 1.165) is 11.1 Å². The molecule has 1 aliphatic carbocycles. The van der Waals surface area contributed by atoms with Crippen molar-refractivity contribution in [2.75, 3.05) is 0 Å². The molecule has 2 N–H and O–H groups in total. The third kappa shape index (κ3) is 1.52. The van der Waals surface area contributed by atoms with Crippen molar-refractivity contribution >= 4 is 11.0 Å². The molecule has 1 fully saturated rings. The number of benzene rings is 1. The van der Waals surface area contributed by atoms with Gasteiger partial charge in [-0.2, -0.15) is 0 Å². The normalized spacial score (nSPS) is 18.6. The van der Waals surface area contributed by atoms with Crippen LogP contribution in [0.25, 0.3) is 11.0 Å². The minimum atomic E-state index is -0.239. The lowest BCUT2D eigenvalue weighted by Crippen LogP contribution is -2.26.